The number of hydrogen-bond donors (Lipinski definition) is 0. The van der Waals surface area contributed by atoms with E-state index in [0.29, 0.717) is 17.3 Å². The van der Waals surface area contributed by atoms with Crippen molar-refractivity contribution in [3.63, 3.8) is 0 Å². The molecule has 0 aliphatic carbocycles. The standard InChI is InChI=1S/C22H25ClN4O2/c1-14-8-7-11-26(22(28)29-13-17-9-5-4-6-10-17)20(14)18-12-19-24-16(3)15(2)21(23)27(19)25-18/h4-6,9-10,12,14,20H,7-8,11,13H2,1-3H3. The second kappa shape index (κ2) is 8.03. The Kier molecular flexibility index (Phi) is 5.46. The zero-order chi connectivity index (χ0) is 20.5. The molecule has 152 valence electrons. The third-order valence-corrected chi connectivity index (χ3v) is 6.15. The molecule has 4 rings (SSSR count). The minimum Gasteiger partial charge on any atom is -0.445 e. The van der Waals surface area contributed by atoms with Gasteiger partial charge in [0.25, 0.3) is 0 Å². The monoisotopic (exact) mass is 412 g/mol. The first-order chi connectivity index (χ1) is 14.0. The van der Waals surface area contributed by atoms with Crippen molar-refractivity contribution in [2.24, 2.45) is 5.92 Å². The Morgan fingerprint density at radius 3 is 2.79 bits per heavy atom. The van der Waals surface area contributed by atoms with Crippen LogP contribution < -0.4 is 0 Å². The van der Waals surface area contributed by atoms with Gasteiger partial charge in [-0.15, -0.1) is 0 Å². The molecule has 29 heavy (non-hydrogen) atoms. The van der Waals surface area contributed by atoms with Gasteiger partial charge < -0.3 is 4.74 Å². The van der Waals surface area contributed by atoms with E-state index >= 15 is 0 Å². The van der Waals surface area contributed by atoms with Crippen LogP contribution in [0.4, 0.5) is 4.79 Å². The summed E-state index contributed by atoms with van der Waals surface area (Å²) in [6, 6.07) is 11.5. The van der Waals surface area contributed by atoms with Crippen molar-refractivity contribution >= 4 is 23.3 Å². The van der Waals surface area contributed by atoms with E-state index in [2.05, 4.69) is 11.9 Å². The van der Waals surface area contributed by atoms with Gasteiger partial charge in [0.1, 0.15) is 11.8 Å². The molecule has 0 saturated carbocycles. The van der Waals surface area contributed by atoms with Gasteiger partial charge in [0, 0.05) is 23.9 Å². The van der Waals surface area contributed by atoms with Crippen molar-refractivity contribution in [1.82, 2.24) is 19.5 Å². The lowest BCUT2D eigenvalue weighted by molar-refractivity contribution is 0.0501. The Morgan fingerprint density at radius 1 is 1.28 bits per heavy atom. The zero-order valence-electron chi connectivity index (χ0n) is 16.9. The molecule has 2 unspecified atom stereocenters. The Morgan fingerprint density at radius 2 is 2.03 bits per heavy atom. The van der Waals surface area contributed by atoms with Crippen LogP contribution in [0.3, 0.4) is 0 Å². The summed E-state index contributed by atoms with van der Waals surface area (Å²) in [6.07, 6.45) is 1.66. The molecule has 1 saturated heterocycles. The van der Waals surface area contributed by atoms with Crippen molar-refractivity contribution in [3.05, 3.63) is 64.1 Å². The van der Waals surface area contributed by atoms with Crippen LogP contribution in [-0.2, 0) is 11.3 Å². The predicted octanol–water partition coefficient (Wildman–Crippen LogP) is 5.11. The Labute approximate surface area is 175 Å². The first kappa shape index (κ1) is 19.7. The van der Waals surface area contributed by atoms with Crippen LogP contribution in [0.2, 0.25) is 5.15 Å². The van der Waals surface area contributed by atoms with Gasteiger partial charge in [-0.1, -0.05) is 48.9 Å². The molecule has 1 aromatic carbocycles. The maximum atomic E-state index is 12.9. The number of aryl methyl sites for hydroxylation is 1. The van der Waals surface area contributed by atoms with E-state index in [9.17, 15) is 4.79 Å². The fourth-order valence-corrected chi connectivity index (χ4v) is 4.23. The number of fused-ring (bicyclic) bond motifs is 1. The van der Waals surface area contributed by atoms with Crippen molar-refractivity contribution < 1.29 is 9.53 Å². The number of ether oxygens (including phenoxy) is 1. The fraction of sp³-hybridized carbons (Fsp3) is 0.409. The number of aromatic nitrogens is 3. The molecule has 2 aromatic heterocycles. The van der Waals surface area contributed by atoms with Gasteiger partial charge in [-0.05, 0) is 38.2 Å². The number of benzene rings is 1. The summed E-state index contributed by atoms with van der Waals surface area (Å²) in [6.45, 7) is 6.92. The van der Waals surface area contributed by atoms with E-state index in [4.69, 9.17) is 21.4 Å². The molecule has 7 heteroatoms. The largest absolute Gasteiger partial charge is 0.445 e. The number of halogens is 1. The lowest BCUT2D eigenvalue weighted by Crippen LogP contribution is -2.42. The average Bonchev–Trinajstić information content (AvgIpc) is 3.14. The molecular formula is C22H25ClN4O2. The highest BCUT2D eigenvalue weighted by Gasteiger charge is 2.36. The molecule has 2 atom stereocenters. The summed E-state index contributed by atoms with van der Waals surface area (Å²) in [7, 11) is 0. The highest BCUT2D eigenvalue weighted by molar-refractivity contribution is 6.30. The van der Waals surface area contributed by atoms with Gasteiger partial charge in [0.15, 0.2) is 5.65 Å². The van der Waals surface area contributed by atoms with E-state index in [1.54, 1.807) is 9.42 Å². The maximum Gasteiger partial charge on any atom is 0.410 e. The minimum absolute atomic E-state index is 0.162. The molecule has 0 bridgehead atoms. The summed E-state index contributed by atoms with van der Waals surface area (Å²) in [4.78, 5) is 19.3. The second-order valence-electron chi connectivity index (χ2n) is 7.75. The number of piperidine rings is 1. The molecule has 3 heterocycles. The number of amides is 1. The van der Waals surface area contributed by atoms with Gasteiger partial charge in [0.2, 0.25) is 0 Å². The molecule has 3 aromatic rings. The topological polar surface area (TPSA) is 59.7 Å². The SMILES string of the molecule is Cc1nc2cc(C3C(C)CCCN3C(=O)OCc3ccccc3)nn2c(Cl)c1C. The van der Waals surface area contributed by atoms with Crippen LogP contribution in [0.5, 0.6) is 0 Å². The Bertz CT molecular complexity index is 1030. The van der Waals surface area contributed by atoms with Gasteiger partial charge in [-0.2, -0.15) is 5.10 Å². The number of carbonyl (C=O) groups excluding carboxylic acids is 1. The van der Waals surface area contributed by atoms with E-state index < -0.39 is 0 Å². The van der Waals surface area contributed by atoms with Crippen molar-refractivity contribution in [3.8, 4) is 0 Å². The third kappa shape index (κ3) is 3.81. The molecule has 1 aliphatic rings. The summed E-state index contributed by atoms with van der Waals surface area (Å²) < 4.78 is 7.28. The molecule has 0 radical (unpaired) electrons. The lowest BCUT2D eigenvalue weighted by Gasteiger charge is -2.38. The normalized spacial score (nSPS) is 19.5. The van der Waals surface area contributed by atoms with E-state index in [-0.39, 0.29) is 24.7 Å². The molecule has 1 amide bonds. The predicted molar refractivity (Wildman–Crippen MR) is 112 cm³/mol. The second-order valence-corrected chi connectivity index (χ2v) is 8.11. The summed E-state index contributed by atoms with van der Waals surface area (Å²) in [5.41, 5.74) is 4.25. The van der Waals surface area contributed by atoms with E-state index in [0.717, 1.165) is 35.4 Å². The summed E-state index contributed by atoms with van der Waals surface area (Å²) in [5, 5.41) is 5.27. The molecule has 0 spiro atoms. The van der Waals surface area contributed by atoms with Crippen molar-refractivity contribution in [1.29, 1.82) is 0 Å². The van der Waals surface area contributed by atoms with Gasteiger partial charge in [-0.3, -0.25) is 4.90 Å². The lowest BCUT2D eigenvalue weighted by atomic mass is 9.89. The van der Waals surface area contributed by atoms with Crippen molar-refractivity contribution in [2.75, 3.05) is 6.54 Å². The van der Waals surface area contributed by atoms with Crippen LogP contribution in [0.25, 0.3) is 5.65 Å². The van der Waals surface area contributed by atoms with Crippen LogP contribution in [-0.4, -0.2) is 32.1 Å². The van der Waals surface area contributed by atoms with E-state index in [1.807, 2.05) is 50.2 Å². The van der Waals surface area contributed by atoms with Gasteiger partial charge in [-0.25, -0.2) is 14.3 Å². The van der Waals surface area contributed by atoms with Gasteiger partial charge in [0.05, 0.1) is 11.7 Å². The molecule has 1 aliphatic heterocycles. The van der Waals surface area contributed by atoms with Crippen LogP contribution in [0.1, 0.15) is 48.3 Å². The first-order valence-corrected chi connectivity index (χ1v) is 10.3. The zero-order valence-corrected chi connectivity index (χ0v) is 17.7. The summed E-state index contributed by atoms with van der Waals surface area (Å²) >= 11 is 6.49. The third-order valence-electron chi connectivity index (χ3n) is 5.71. The summed E-state index contributed by atoms with van der Waals surface area (Å²) in [5.74, 6) is 0.263. The smallest absolute Gasteiger partial charge is 0.410 e. The Hall–Kier alpha value is -2.60. The van der Waals surface area contributed by atoms with E-state index in [1.165, 1.54) is 0 Å². The van der Waals surface area contributed by atoms with Crippen LogP contribution >= 0.6 is 11.6 Å². The molecule has 1 fully saturated rings. The maximum absolute atomic E-state index is 12.9. The number of rotatable bonds is 3. The molecule has 0 N–H and O–H groups in total. The number of carbonyl (C=O) groups is 1. The fourth-order valence-electron chi connectivity index (χ4n) is 3.97. The Balaban J connectivity index is 1.62. The molecular weight excluding hydrogens is 388 g/mol. The average molecular weight is 413 g/mol. The molecule has 6 nitrogen and oxygen atoms in total. The number of hydrogen-bond acceptors (Lipinski definition) is 4. The van der Waals surface area contributed by atoms with Crippen molar-refractivity contribution in [2.45, 2.75) is 46.3 Å². The quantitative estimate of drug-likeness (QED) is 0.561. The minimum atomic E-state index is -0.311. The first-order valence-electron chi connectivity index (χ1n) is 9.95. The highest BCUT2D eigenvalue weighted by atomic mass is 35.5. The highest BCUT2D eigenvalue weighted by Crippen LogP contribution is 2.36. The number of likely N-dealkylation sites (tertiary alicyclic amines) is 1. The van der Waals surface area contributed by atoms with Crippen LogP contribution in [0, 0.1) is 19.8 Å². The van der Waals surface area contributed by atoms with Crippen LogP contribution in [0.15, 0.2) is 36.4 Å². The van der Waals surface area contributed by atoms with Gasteiger partial charge >= 0.3 is 6.09 Å². The number of nitrogens with zero attached hydrogens (tertiary/aromatic N) is 4.